The van der Waals surface area contributed by atoms with E-state index in [0.717, 1.165) is 81.4 Å². The number of nitrogens with zero attached hydrogens (tertiary/aromatic N) is 9. The minimum atomic E-state index is -4.46. The number of ether oxygens (including phenoxy) is 2. The Morgan fingerprint density at radius 1 is 0.516 bits per heavy atom. The number of carboxylic acids is 1. The van der Waals surface area contributed by atoms with E-state index in [-0.39, 0.29) is 73.1 Å². The summed E-state index contributed by atoms with van der Waals surface area (Å²) in [4.78, 5) is 70.0. The predicted molar refractivity (Wildman–Crippen MR) is 427 cm³/mol. The summed E-state index contributed by atoms with van der Waals surface area (Å²) in [6.45, 7) is 13.3. The first-order chi connectivity index (χ1) is 56.0. The molecule has 10 aromatic rings. The van der Waals surface area contributed by atoms with E-state index in [9.17, 15) is 103 Å². The van der Waals surface area contributed by atoms with Crippen LogP contribution in [0.1, 0.15) is 83.3 Å². The summed E-state index contributed by atoms with van der Waals surface area (Å²) >= 11 is 2.16. The van der Waals surface area contributed by atoms with Gasteiger partial charge in [-0.25, -0.2) is 56.9 Å². The topological polar surface area (TPSA) is 304 Å². The molecule has 0 aliphatic carbocycles. The van der Waals surface area contributed by atoms with Gasteiger partial charge in [-0.15, -0.1) is 18.8 Å². The molecule has 1 amide bonds. The number of rotatable bonds is 13. The zero-order valence-corrected chi connectivity index (χ0v) is 69.7. The minimum absolute atomic E-state index is 0. The zero-order valence-electron chi connectivity index (χ0n) is 66.8. The Kier molecular flexibility index (Phi) is 42.0. The van der Waals surface area contributed by atoms with Crippen LogP contribution in [0.15, 0.2) is 172 Å². The molecule has 0 atom stereocenters. The molecule has 5 aromatic heterocycles. The molecule has 7 N–H and O–H groups in total. The maximum absolute atomic E-state index is 12.9. The van der Waals surface area contributed by atoms with Gasteiger partial charge < -0.3 is 64.0 Å². The van der Waals surface area contributed by atoms with Crippen LogP contribution < -0.4 is 29.6 Å². The van der Waals surface area contributed by atoms with E-state index in [2.05, 4.69) is 67.5 Å². The number of carboxylic acid groups (broad SMARTS) is 1. The molecule has 0 radical (unpaired) electrons. The monoisotopic (exact) mass is 1890 g/mol. The number of terminal acetylenes is 1. The summed E-state index contributed by atoms with van der Waals surface area (Å²) in [5, 5.41) is 28.4. The van der Waals surface area contributed by atoms with Crippen molar-refractivity contribution >= 4 is 90.0 Å². The molecule has 2 saturated heterocycles. The number of aromatic amines is 2. The van der Waals surface area contributed by atoms with Crippen LogP contribution in [0.4, 0.5) is 83.4 Å². The van der Waals surface area contributed by atoms with Gasteiger partial charge in [-0.3, -0.25) is 4.79 Å². The molecule has 2 aliphatic rings. The average Bonchev–Trinajstić information content (AvgIpc) is 1.50. The van der Waals surface area contributed by atoms with Crippen LogP contribution in [0.3, 0.4) is 0 Å². The molecule has 0 bridgehead atoms. The summed E-state index contributed by atoms with van der Waals surface area (Å²) in [6, 6.07) is 17.9. The zero-order chi connectivity index (χ0) is 90.9. The smallest absolute Gasteiger partial charge is 0.870 e. The van der Waals surface area contributed by atoms with E-state index in [4.69, 9.17) is 26.3 Å². The summed E-state index contributed by atoms with van der Waals surface area (Å²) < 4.78 is 253. The largest absolute Gasteiger partial charge is 1.00 e. The number of amides is 1. The van der Waals surface area contributed by atoms with Gasteiger partial charge >= 0.3 is 74.8 Å². The maximum Gasteiger partial charge on any atom is 1.00 e. The summed E-state index contributed by atoms with van der Waals surface area (Å²) in [7, 11) is -1.88. The quantitative estimate of drug-likeness (QED) is 0.0119. The average molecular weight is 1900 g/mol. The van der Waals surface area contributed by atoms with Gasteiger partial charge in [-0.1, -0.05) is 17.7 Å². The third-order valence-electron chi connectivity index (χ3n) is 15.2. The van der Waals surface area contributed by atoms with Gasteiger partial charge in [0.05, 0.1) is 137 Å². The standard InChI is InChI=1S/C17H14F5N3O.C17H17F3N2O2.C14H11F3N2O2.C11H9F3N2.C8H8BF3O2.C6H8O2.C3H5F2N.C3H3IN2.ClH.Li.H2O/c1-11-4-12(6-13(5-11)17(20,21)22)14-7-24(10-23-14)3-2-15(26)25-8-16(18,19)9-25;1-11(2)24-16(23)4-5-22-9-15(21-10-22)13-6-12(3)7-14(8-13)17(18,19)20;1-9-4-10(6-11(5-9)14(15,16)17)12-7-19(8-18-12)3-2-13(20)21;1-7-2-8(10-5-15-6-16-10)4-9(3-7)11(12,13)14;1-5-2-6(8(10,11)12)4-7(3-5)9(13)14;1-4-6(7)8-5(2)3;4-3(5)1-6-2-3;4-3-1-5-2-6-3;;;/h2-7,10H,8-9H2,1H3;4-11H,1-3H3;2-8H,1H3,(H,20,21);2-6H,1H3,(H,15,16);2-4,13-14H,1H3;1,5H,2-3H3;6H,1-2H2;1-2H,(H,5,6);1H;;1H2/q;;;;;;;;;+1;/p-1/b3-2-;5-4-;3-2-;;;;;;;;. The first-order valence-electron chi connectivity index (χ1n) is 34.9. The van der Waals surface area contributed by atoms with Gasteiger partial charge in [0.25, 0.3) is 11.8 Å². The fourth-order valence-corrected chi connectivity index (χ4v) is 10.2. The maximum atomic E-state index is 12.9. The van der Waals surface area contributed by atoms with Gasteiger partial charge in [0.15, 0.2) is 0 Å². The molecule has 124 heavy (non-hydrogen) atoms. The Bertz CT molecular complexity index is 5230. The van der Waals surface area contributed by atoms with Crippen molar-refractivity contribution in [3.8, 4) is 57.4 Å². The molecule has 0 saturated carbocycles. The van der Waals surface area contributed by atoms with Gasteiger partial charge in [0.1, 0.15) is 0 Å². The molecule has 664 valence electrons. The first-order valence-corrected chi connectivity index (χ1v) is 36.0. The fraction of sp³-hybridized carbons (Fsp3) is 0.278. The first kappa shape index (κ1) is 109. The van der Waals surface area contributed by atoms with Crippen LogP contribution in [0.2, 0.25) is 0 Å². The number of alkyl halides is 19. The summed E-state index contributed by atoms with van der Waals surface area (Å²) in [6.07, 6.45) is 4.35. The van der Waals surface area contributed by atoms with Crippen molar-refractivity contribution in [2.45, 2.75) is 117 Å². The molecule has 0 spiro atoms. The van der Waals surface area contributed by atoms with Crippen molar-refractivity contribution in [3.05, 3.63) is 231 Å². The number of benzene rings is 5. The molecule has 22 nitrogen and oxygen atoms in total. The van der Waals surface area contributed by atoms with Crippen LogP contribution in [0.5, 0.6) is 0 Å². The number of imidazole rings is 5. The molecule has 12 rings (SSSR count). The van der Waals surface area contributed by atoms with Crippen LogP contribution in [-0.2, 0) is 59.5 Å². The third kappa shape index (κ3) is 38.4. The number of aryl methyl sites for hydroxylation is 5. The number of esters is 2. The SMILES string of the molecule is C#CC(=O)OC(C)C.Cc1cc(-c2cn(/C=C\C(=O)N3CC(F)(F)C3)cn2)cc(C(F)(F)F)c1.Cc1cc(-c2cn(/C=C\C(=O)O)cn2)cc(C(F)(F)F)c1.Cc1cc(-c2cn(/C=C\C(=O)OC(C)C)cn2)cc(C(F)(F)F)c1.Cc1cc(-c2cnc[nH]2)cc(C(F)(F)F)c1.Cc1cc(B(O)O)cc(C(F)(F)F)c1.Cl.FC1(F)CNC1.Ic1cnc[nH]1.[Li+].[OH-]. The second-order valence-electron chi connectivity index (χ2n) is 26.7. The molecule has 45 heteroatoms. The number of H-pyrrole nitrogens is 2. The Morgan fingerprint density at radius 3 is 1.14 bits per heavy atom. The van der Waals surface area contributed by atoms with Gasteiger partial charge in [0.2, 0.25) is 5.91 Å². The number of hydrogen-bond acceptors (Lipinski definition) is 15. The van der Waals surface area contributed by atoms with Crippen LogP contribution in [0, 0.1) is 50.7 Å². The predicted octanol–water partition coefficient (Wildman–Crippen LogP) is 14.7. The summed E-state index contributed by atoms with van der Waals surface area (Å²) in [5.74, 6) is -6.19. The number of hydrogen-bond donors (Lipinski definition) is 6. The van der Waals surface area contributed by atoms with Crippen LogP contribution in [-0.4, -0.2) is 155 Å². The van der Waals surface area contributed by atoms with E-state index in [1.807, 2.05) is 5.92 Å². The van der Waals surface area contributed by atoms with Crippen molar-refractivity contribution in [1.29, 1.82) is 0 Å². The molecule has 0 unspecified atom stereocenters. The molecule has 2 aliphatic heterocycles. The number of carbonyl (C=O) groups excluding carboxylic acids is 3. The number of carbonyl (C=O) groups is 4. The van der Waals surface area contributed by atoms with E-state index in [1.165, 1.54) is 101 Å². The number of likely N-dealkylation sites (tertiary alicyclic amines) is 1. The van der Waals surface area contributed by atoms with Gasteiger partial charge in [-0.2, -0.15) is 65.9 Å². The number of nitrogens with one attached hydrogen (secondary N) is 3. The number of aliphatic carboxylic acids is 1. The summed E-state index contributed by atoms with van der Waals surface area (Å²) in [5.41, 5.74) is 1.45. The van der Waals surface area contributed by atoms with Crippen molar-refractivity contribution < 1.29 is 152 Å². The molecular weight excluding hydrogens is 1820 g/mol. The molecule has 2 fully saturated rings. The second kappa shape index (κ2) is 47.8. The van der Waals surface area contributed by atoms with E-state index >= 15 is 0 Å². The van der Waals surface area contributed by atoms with E-state index < -0.39 is 115 Å². The number of halogens is 21. The van der Waals surface area contributed by atoms with Gasteiger partial charge in [-0.05, 0) is 191 Å². The minimum Gasteiger partial charge on any atom is -0.870 e. The van der Waals surface area contributed by atoms with Gasteiger partial charge in [0, 0.05) is 83.6 Å². The normalized spacial score (nSPS) is 13.1. The van der Waals surface area contributed by atoms with Crippen molar-refractivity contribution in [3.63, 3.8) is 0 Å². The molecule has 5 aromatic carbocycles. The third-order valence-corrected chi connectivity index (χ3v) is 15.8. The van der Waals surface area contributed by atoms with Crippen LogP contribution in [0.25, 0.3) is 63.6 Å². The van der Waals surface area contributed by atoms with Crippen LogP contribution >= 0.6 is 35.0 Å². The van der Waals surface area contributed by atoms with E-state index in [1.54, 1.807) is 92.2 Å². The number of aromatic nitrogens is 10. The fourth-order valence-electron chi connectivity index (χ4n) is 9.92. The molecular formula is C79H77BClF19ILiN12O10. The Hall–Kier alpha value is -11.0. The van der Waals surface area contributed by atoms with Crippen molar-refractivity contribution in [2.75, 3.05) is 26.2 Å². The van der Waals surface area contributed by atoms with E-state index in [0.29, 0.717) is 67.3 Å². The Balaban J connectivity index is 0.000000498. The van der Waals surface area contributed by atoms with Crippen molar-refractivity contribution in [1.82, 2.24) is 58.8 Å². The Morgan fingerprint density at radius 2 is 0.855 bits per heavy atom. The Labute approximate surface area is 728 Å². The van der Waals surface area contributed by atoms with Crippen molar-refractivity contribution in [2.24, 2.45) is 0 Å². The second-order valence-corrected chi connectivity index (χ2v) is 27.9. The molecule has 7 heterocycles.